The van der Waals surface area contributed by atoms with E-state index in [4.69, 9.17) is 4.74 Å². The standard InChI is InChI=1S/C36H50N2O4/c1-22(2)9-8-10-23(3)29-15-16-30-28-14-13-24-21-25(17-19-35(24,4)31(28)18-20-36(29,30)5)42-34(41)37-38-32(39)26-11-6-7-12-27(26)33(38)40/h6-7,11-13,22-23,25,28-31H,8-10,14-21H2,1-5H3,(H,37,41)/t23-,25?,28+,29-,30+,31+,35+,36-/m1/s1. The quantitative estimate of drug-likeness (QED) is 0.262. The molecule has 1 unspecified atom stereocenters. The van der Waals surface area contributed by atoms with Crippen molar-refractivity contribution in [3.63, 3.8) is 0 Å². The molecule has 1 aromatic carbocycles. The first-order chi connectivity index (χ1) is 20.0. The number of ether oxygens (including phenoxy) is 1. The Morgan fingerprint density at radius 1 is 0.976 bits per heavy atom. The number of hydrogen-bond acceptors (Lipinski definition) is 4. The van der Waals surface area contributed by atoms with E-state index in [0.29, 0.717) is 22.5 Å². The summed E-state index contributed by atoms with van der Waals surface area (Å²) in [4.78, 5) is 38.1. The van der Waals surface area contributed by atoms with Gasteiger partial charge in [-0.1, -0.05) is 77.7 Å². The lowest BCUT2D eigenvalue weighted by Gasteiger charge is -2.58. The number of hydrogen-bond donors (Lipinski definition) is 1. The Hall–Kier alpha value is -2.63. The zero-order chi connectivity index (χ0) is 29.8. The van der Waals surface area contributed by atoms with Gasteiger partial charge in [0.25, 0.3) is 11.8 Å². The lowest BCUT2D eigenvalue weighted by atomic mass is 9.47. The number of carbonyl (C=O) groups excluding carboxylic acids is 3. The fourth-order valence-electron chi connectivity index (χ4n) is 10.3. The van der Waals surface area contributed by atoms with Crippen LogP contribution in [0.5, 0.6) is 0 Å². The molecule has 3 amide bonds. The van der Waals surface area contributed by atoms with Gasteiger partial charge in [-0.3, -0.25) is 9.59 Å². The van der Waals surface area contributed by atoms with Crippen LogP contribution in [0.4, 0.5) is 4.79 Å². The van der Waals surface area contributed by atoms with Crippen LogP contribution in [0.25, 0.3) is 0 Å². The van der Waals surface area contributed by atoms with Crippen LogP contribution >= 0.6 is 0 Å². The van der Waals surface area contributed by atoms with Gasteiger partial charge in [-0.2, -0.15) is 5.01 Å². The van der Waals surface area contributed by atoms with E-state index in [1.807, 2.05) is 0 Å². The smallest absolute Gasteiger partial charge is 0.426 e. The molecule has 5 aliphatic rings. The van der Waals surface area contributed by atoms with E-state index in [0.717, 1.165) is 60.3 Å². The van der Waals surface area contributed by atoms with Gasteiger partial charge in [0.15, 0.2) is 0 Å². The molecular weight excluding hydrogens is 524 g/mol. The highest BCUT2D eigenvalue weighted by Crippen LogP contribution is 2.67. The Morgan fingerprint density at radius 3 is 2.38 bits per heavy atom. The van der Waals surface area contributed by atoms with Crippen LogP contribution < -0.4 is 5.43 Å². The number of carbonyl (C=O) groups is 3. The molecule has 42 heavy (non-hydrogen) atoms. The van der Waals surface area contributed by atoms with E-state index in [1.54, 1.807) is 24.3 Å². The summed E-state index contributed by atoms with van der Waals surface area (Å²) in [5, 5.41) is 0.781. The monoisotopic (exact) mass is 574 g/mol. The minimum Gasteiger partial charge on any atom is -0.445 e. The van der Waals surface area contributed by atoms with Gasteiger partial charge >= 0.3 is 6.09 Å². The highest BCUT2D eigenvalue weighted by molar-refractivity contribution is 6.21. The maximum absolute atomic E-state index is 12.8. The summed E-state index contributed by atoms with van der Waals surface area (Å²) in [6, 6.07) is 6.62. The fraction of sp³-hybridized carbons (Fsp3) is 0.694. The van der Waals surface area contributed by atoms with E-state index < -0.39 is 17.9 Å². The molecule has 1 aromatic rings. The Balaban J connectivity index is 1.08. The van der Waals surface area contributed by atoms with Crippen molar-refractivity contribution < 1.29 is 19.1 Å². The summed E-state index contributed by atoms with van der Waals surface area (Å²) in [5.74, 6) is 3.73. The van der Waals surface area contributed by atoms with E-state index in [2.05, 4.69) is 46.1 Å². The molecule has 0 bridgehead atoms. The summed E-state index contributed by atoms with van der Waals surface area (Å²) in [6.07, 6.45) is 14.8. The van der Waals surface area contributed by atoms with E-state index in [-0.39, 0.29) is 11.5 Å². The molecule has 0 spiro atoms. The van der Waals surface area contributed by atoms with Crippen LogP contribution in [0, 0.1) is 46.3 Å². The topological polar surface area (TPSA) is 75.7 Å². The minimum absolute atomic E-state index is 0.171. The number of nitrogens with zero attached hydrogens (tertiary/aromatic N) is 1. The Labute approximate surface area is 252 Å². The van der Waals surface area contributed by atoms with E-state index >= 15 is 0 Å². The van der Waals surface area contributed by atoms with Crippen molar-refractivity contribution in [1.29, 1.82) is 0 Å². The van der Waals surface area contributed by atoms with Gasteiger partial charge < -0.3 is 4.74 Å². The van der Waals surface area contributed by atoms with Crippen LogP contribution in [0.15, 0.2) is 35.9 Å². The van der Waals surface area contributed by atoms with Crippen molar-refractivity contribution in [3.05, 3.63) is 47.0 Å². The average molecular weight is 575 g/mol. The summed E-state index contributed by atoms with van der Waals surface area (Å²) >= 11 is 0. The molecule has 3 saturated carbocycles. The second-order valence-corrected chi connectivity index (χ2v) is 15.2. The van der Waals surface area contributed by atoms with Gasteiger partial charge in [0, 0.05) is 6.42 Å². The molecule has 1 aliphatic heterocycles. The van der Waals surface area contributed by atoms with Crippen molar-refractivity contribution in [1.82, 2.24) is 10.4 Å². The third kappa shape index (κ3) is 4.91. The molecule has 0 radical (unpaired) electrons. The molecule has 6 nitrogen and oxygen atoms in total. The first-order valence-corrected chi connectivity index (χ1v) is 16.7. The zero-order valence-electron chi connectivity index (χ0n) is 26.3. The lowest BCUT2D eigenvalue weighted by molar-refractivity contribution is -0.0585. The molecule has 8 atom stereocenters. The molecule has 0 saturated heterocycles. The minimum atomic E-state index is -0.736. The number of rotatable bonds is 7. The Morgan fingerprint density at radius 2 is 1.69 bits per heavy atom. The van der Waals surface area contributed by atoms with Crippen LogP contribution in [0.3, 0.4) is 0 Å². The third-order valence-electron chi connectivity index (χ3n) is 12.5. The molecule has 3 fully saturated rings. The van der Waals surface area contributed by atoms with Crippen molar-refractivity contribution in [2.75, 3.05) is 0 Å². The van der Waals surface area contributed by atoms with Crippen molar-refractivity contribution in [2.24, 2.45) is 46.3 Å². The number of allylic oxidation sites excluding steroid dienone is 1. The first-order valence-electron chi connectivity index (χ1n) is 16.7. The molecule has 0 aromatic heterocycles. The van der Waals surface area contributed by atoms with Crippen LogP contribution in [-0.4, -0.2) is 29.0 Å². The van der Waals surface area contributed by atoms with Gasteiger partial charge in [-0.25, -0.2) is 10.2 Å². The third-order valence-corrected chi connectivity index (χ3v) is 12.5. The van der Waals surface area contributed by atoms with Crippen molar-refractivity contribution in [3.8, 4) is 0 Å². The number of nitrogens with one attached hydrogen (secondary N) is 1. The number of fused-ring (bicyclic) bond motifs is 6. The Bertz CT molecular complexity index is 1240. The van der Waals surface area contributed by atoms with Crippen LogP contribution in [0.1, 0.15) is 126 Å². The molecule has 1 heterocycles. The highest BCUT2D eigenvalue weighted by Gasteiger charge is 2.59. The number of amides is 3. The van der Waals surface area contributed by atoms with Crippen molar-refractivity contribution >= 4 is 17.9 Å². The highest BCUT2D eigenvalue weighted by atomic mass is 16.6. The molecule has 6 heteroatoms. The number of imide groups is 1. The van der Waals surface area contributed by atoms with Gasteiger partial charge in [0.1, 0.15) is 6.10 Å². The second-order valence-electron chi connectivity index (χ2n) is 15.2. The predicted octanol–water partition coefficient (Wildman–Crippen LogP) is 8.33. The van der Waals surface area contributed by atoms with Crippen LogP contribution in [0.2, 0.25) is 0 Å². The number of hydrazine groups is 1. The predicted molar refractivity (Wildman–Crippen MR) is 163 cm³/mol. The summed E-state index contributed by atoms with van der Waals surface area (Å²) < 4.78 is 5.81. The lowest BCUT2D eigenvalue weighted by Crippen LogP contribution is -2.51. The summed E-state index contributed by atoms with van der Waals surface area (Å²) in [5.41, 5.74) is 5.12. The maximum Gasteiger partial charge on any atom is 0.426 e. The van der Waals surface area contributed by atoms with Gasteiger partial charge in [0.05, 0.1) is 11.1 Å². The molecule has 6 rings (SSSR count). The van der Waals surface area contributed by atoms with Gasteiger partial charge in [0.2, 0.25) is 0 Å². The average Bonchev–Trinajstić information content (AvgIpc) is 3.43. The molecule has 1 N–H and O–H groups in total. The van der Waals surface area contributed by atoms with E-state index in [1.165, 1.54) is 50.5 Å². The molecule has 4 aliphatic carbocycles. The largest absolute Gasteiger partial charge is 0.445 e. The molecular formula is C36H50N2O4. The second kappa shape index (κ2) is 11.1. The number of benzene rings is 1. The van der Waals surface area contributed by atoms with E-state index in [9.17, 15) is 14.4 Å². The summed E-state index contributed by atoms with van der Waals surface area (Å²) in [6.45, 7) is 12.3. The first kappa shape index (κ1) is 29.4. The fourth-order valence-corrected chi connectivity index (χ4v) is 10.3. The van der Waals surface area contributed by atoms with Gasteiger partial charge in [-0.15, -0.1) is 0 Å². The normalized spacial score (nSPS) is 36.1. The summed E-state index contributed by atoms with van der Waals surface area (Å²) in [7, 11) is 0. The van der Waals surface area contributed by atoms with Gasteiger partial charge in [-0.05, 0) is 103 Å². The van der Waals surface area contributed by atoms with Crippen LogP contribution in [-0.2, 0) is 4.74 Å². The SMILES string of the molecule is CC(C)CCC[C@@H](C)[C@H]1CC[C@H]2[C@@H]3CC=C4CC(OC(=O)NN5C(=O)c6ccccc6C5=O)CC[C@]4(C)[C@H]3CC[C@]12C. The molecule has 228 valence electrons. The maximum atomic E-state index is 12.8. The Kier molecular flexibility index (Phi) is 7.81. The van der Waals surface area contributed by atoms with Crippen molar-refractivity contribution in [2.45, 2.75) is 111 Å². The zero-order valence-corrected chi connectivity index (χ0v) is 26.3.